The molecule has 10 nitrogen and oxygen atoms in total. The van der Waals surface area contributed by atoms with Crippen molar-refractivity contribution >= 4 is 46.7 Å². The molecule has 0 saturated carbocycles. The van der Waals surface area contributed by atoms with Gasteiger partial charge in [-0.2, -0.15) is 0 Å². The van der Waals surface area contributed by atoms with Gasteiger partial charge in [-0.1, -0.05) is 35.5 Å². The Morgan fingerprint density at radius 3 is 2.33 bits per heavy atom. The number of amides is 2. The number of anilines is 2. The number of carbonyl (C=O) groups is 2. The molecule has 3 aromatic rings. The SMILES string of the molecule is COc1ccc(C(=O)N2CCN(c3cc(Cl)nc(SCC(=O)N4CCN(c5ccccc5OC)CC4)n3)CC2C)cc1. The maximum Gasteiger partial charge on any atom is 0.254 e. The molecule has 3 heterocycles. The van der Waals surface area contributed by atoms with E-state index in [9.17, 15) is 9.59 Å². The second-order valence-electron chi connectivity index (χ2n) is 10.2. The van der Waals surface area contributed by atoms with E-state index < -0.39 is 0 Å². The minimum Gasteiger partial charge on any atom is -0.497 e. The highest BCUT2D eigenvalue weighted by molar-refractivity contribution is 7.99. The summed E-state index contributed by atoms with van der Waals surface area (Å²) < 4.78 is 10.7. The van der Waals surface area contributed by atoms with Gasteiger partial charge in [0.15, 0.2) is 5.16 Å². The minimum atomic E-state index is -0.0331. The zero-order chi connectivity index (χ0) is 29.6. The predicted molar refractivity (Wildman–Crippen MR) is 165 cm³/mol. The van der Waals surface area contributed by atoms with Crippen molar-refractivity contribution in [2.75, 3.05) is 75.6 Å². The maximum absolute atomic E-state index is 13.1. The molecule has 0 N–H and O–H groups in total. The molecule has 2 aromatic carbocycles. The van der Waals surface area contributed by atoms with Crippen molar-refractivity contribution in [3.05, 3.63) is 65.3 Å². The first-order valence-electron chi connectivity index (χ1n) is 13.9. The Hall–Kier alpha value is -3.70. The first kappa shape index (κ1) is 29.8. The predicted octanol–water partition coefficient (Wildman–Crippen LogP) is 3.94. The van der Waals surface area contributed by atoms with Gasteiger partial charge in [0.05, 0.1) is 25.7 Å². The standard InChI is InChI=1S/C30H35ClN6O4S/c1-21-19-36(16-17-37(21)29(39)22-8-10-23(40-2)11-9-22)27-18-26(31)32-30(33-27)42-20-28(38)35-14-12-34(13-15-35)24-6-4-5-7-25(24)41-3/h4-11,18,21H,12-17,19-20H2,1-3H3. The first-order chi connectivity index (χ1) is 20.4. The van der Waals surface area contributed by atoms with Crippen LogP contribution in [-0.2, 0) is 4.79 Å². The number of benzene rings is 2. The number of methoxy groups -OCH3 is 2. The van der Waals surface area contributed by atoms with Crippen LogP contribution in [0.15, 0.2) is 59.8 Å². The Balaban J connectivity index is 1.15. The molecule has 0 spiro atoms. The van der Waals surface area contributed by atoms with Gasteiger partial charge in [0.25, 0.3) is 5.91 Å². The Morgan fingerprint density at radius 1 is 0.929 bits per heavy atom. The van der Waals surface area contributed by atoms with E-state index in [-0.39, 0.29) is 23.6 Å². The van der Waals surface area contributed by atoms with Gasteiger partial charge in [-0.05, 0) is 43.3 Å². The zero-order valence-corrected chi connectivity index (χ0v) is 25.6. The van der Waals surface area contributed by atoms with Crippen LogP contribution in [0.4, 0.5) is 11.5 Å². The van der Waals surface area contributed by atoms with Crippen LogP contribution in [0.25, 0.3) is 0 Å². The third kappa shape index (κ3) is 6.84. The van der Waals surface area contributed by atoms with Gasteiger partial charge in [0.1, 0.15) is 22.5 Å². The number of ether oxygens (including phenoxy) is 2. The van der Waals surface area contributed by atoms with Gasteiger partial charge in [-0.15, -0.1) is 0 Å². The Bertz CT molecular complexity index is 1400. The molecule has 1 atom stereocenters. The minimum absolute atomic E-state index is 0.0102. The normalized spacial score (nSPS) is 17.3. The fraction of sp³-hybridized carbons (Fsp3) is 0.400. The first-order valence-corrected chi connectivity index (χ1v) is 15.3. The van der Waals surface area contributed by atoms with E-state index in [4.69, 9.17) is 26.1 Å². The third-order valence-corrected chi connectivity index (χ3v) is 8.62. The number of thioether (sulfide) groups is 1. The van der Waals surface area contributed by atoms with Crippen LogP contribution in [0.5, 0.6) is 11.5 Å². The lowest BCUT2D eigenvalue weighted by Crippen LogP contribution is -2.54. The summed E-state index contributed by atoms with van der Waals surface area (Å²) in [5.41, 5.74) is 1.67. The molecule has 2 fully saturated rings. The summed E-state index contributed by atoms with van der Waals surface area (Å²) in [5.74, 6) is 2.51. The highest BCUT2D eigenvalue weighted by atomic mass is 35.5. The van der Waals surface area contributed by atoms with Gasteiger partial charge < -0.3 is 29.1 Å². The second kappa shape index (κ2) is 13.5. The average Bonchev–Trinajstić information content (AvgIpc) is 3.03. The van der Waals surface area contributed by atoms with Gasteiger partial charge in [0, 0.05) is 63.5 Å². The van der Waals surface area contributed by atoms with Crippen molar-refractivity contribution < 1.29 is 19.1 Å². The summed E-state index contributed by atoms with van der Waals surface area (Å²) in [5, 5.41) is 0.785. The smallest absolute Gasteiger partial charge is 0.254 e. The molecule has 1 unspecified atom stereocenters. The number of aromatic nitrogens is 2. The van der Waals surface area contributed by atoms with Crippen LogP contribution in [0, 0.1) is 0 Å². The maximum atomic E-state index is 13.1. The molecule has 2 aliphatic rings. The molecular formula is C30H35ClN6O4S. The lowest BCUT2D eigenvalue weighted by Gasteiger charge is -2.40. The van der Waals surface area contributed by atoms with E-state index in [0.29, 0.717) is 60.2 Å². The quantitative estimate of drug-likeness (QED) is 0.214. The molecule has 42 heavy (non-hydrogen) atoms. The van der Waals surface area contributed by atoms with E-state index in [1.807, 2.05) is 41.0 Å². The van der Waals surface area contributed by atoms with Crippen LogP contribution in [0.2, 0.25) is 5.15 Å². The van der Waals surface area contributed by atoms with E-state index in [0.717, 1.165) is 24.5 Å². The lowest BCUT2D eigenvalue weighted by molar-refractivity contribution is -0.128. The van der Waals surface area contributed by atoms with Crippen molar-refractivity contribution in [3.63, 3.8) is 0 Å². The monoisotopic (exact) mass is 610 g/mol. The Morgan fingerprint density at radius 2 is 1.64 bits per heavy atom. The summed E-state index contributed by atoms with van der Waals surface area (Å²) in [7, 11) is 3.27. The molecule has 0 radical (unpaired) electrons. The molecule has 12 heteroatoms. The van der Waals surface area contributed by atoms with Gasteiger partial charge in [0.2, 0.25) is 5.91 Å². The summed E-state index contributed by atoms with van der Waals surface area (Å²) >= 11 is 7.67. The van der Waals surface area contributed by atoms with Crippen molar-refractivity contribution in [3.8, 4) is 11.5 Å². The van der Waals surface area contributed by atoms with E-state index in [1.165, 1.54) is 11.8 Å². The van der Waals surface area contributed by atoms with Gasteiger partial charge >= 0.3 is 0 Å². The number of nitrogens with zero attached hydrogens (tertiary/aromatic N) is 6. The largest absolute Gasteiger partial charge is 0.497 e. The second-order valence-corrected chi connectivity index (χ2v) is 11.5. The van der Waals surface area contributed by atoms with Crippen LogP contribution in [-0.4, -0.2) is 103 Å². The highest BCUT2D eigenvalue weighted by Crippen LogP contribution is 2.29. The van der Waals surface area contributed by atoms with Gasteiger partial charge in [-0.25, -0.2) is 9.97 Å². The molecule has 2 saturated heterocycles. The molecule has 0 aliphatic carbocycles. The molecule has 222 valence electrons. The number of rotatable bonds is 8. The zero-order valence-electron chi connectivity index (χ0n) is 24.0. The number of halogens is 1. The van der Waals surface area contributed by atoms with E-state index in [1.54, 1.807) is 44.6 Å². The summed E-state index contributed by atoms with van der Waals surface area (Å²) in [6.07, 6.45) is 0. The van der Waals surface area contributed by atoms with Crippen LogP contribution < -0.4 is 19.3 Å². The van der Waals surface area contributed by atoms with Crippen LogP contribution in [0.1, 0.15) is 17.3 Å². The molecule has 5 rings (SSSR count). The van der Waals surface area contributed by atoms with Crippen molar-refractivity contribution in [2.24, 2.45) is 0 Å². The molecule has 2 amide bonds. The third-order valence-electron chi connectivity index (χ3n) is 7.59. The van der Waals surface area contributed by atoms with Crippen molar-refractivity contribution in [1.82, 2.24) is 19.8 Å². The average molecular weight is 611 g/mol. The Labute approximate surface area is 255 Å². The summed E-state index contributed by atoms with van der Waals surface area (Å²) in [6, 6.07) is 16.8. The van der Waals surface area contributed by atoms with Crippen molar-refractivity contribution in [2.45, 2.75) is 18.1 Å². The molecular weight excluding hydrogens is 576 g/mol. The number of carbonyl (C=O) groups excluding carboxylic acids is 2. The van der Waals surface area contributed by atoms with Crippen molar-refractivity contribution in [1.29, 1.82) is 0 Å². The van der Waals surface area contributed by atoms with Gasteiger partial charge in [-0.3, -0.25) is 9.59 Å². The molecule has 2 aliphatic heterocycles. The van der Waals surface area contributed by atoms with Crippen LogP contribution >= 0.6 is 23.4 Å². The fourth-order valence-electron chi connectivity index (χ4n) is 5.28. The fourth-order valence-corrected chi connectivity index (χ4v) is 6.27. The highest BCUT2D eigenvalue weighted by Gasteiger charge is 2.29. The van der Waals surface area contributed by atoms with E-state index in [2.05, 4.69) is 14.8 Å². The summed E-state index contributed by atoms with van der Waals surface area (Å²) in [6.45, 7) is 6.54. The summed E-state index contributed by atoms with van der Waals surface area (Å²) in [4.78, 5) is 43.3. The van der Waals surface area contributed by atoms with E-state index >= 15 is 0 Å². The number of hydrogen-bond acceptors (Lipinski definition) is 9. The lowest BCUT2D eigenvalue weighted by atomic mass is 10.1. The molecule has 1 aromatic heterocycles. The molecule has 0 bridgehead atoms. The number of piperazine rings is 2. The Kier molecular flexibility index (Phi) is 9.58. The number of hydrogen-bond donors (Lipinski definition) is 0. The number of para-hydroxylation sites is 2. The topological polar surface area (TPSA) is 91.3 Å². The van der Waals surface area contributed by atoms with Crippen LogP contribution in [0.3, 0.4) is 0 Å².